The first-order chi connectivity index (χ1) is 7.81. The number of rotatable bonds is 4. The zero-order chi connectivity index (χ0) is 11.4. The first-order valence-electron chi connectivity index (χ1n) is 5.46. The van der Waals surface area contributed by atoms with Gasteiger partial charge in [-0.1, -0.05) is 24.3 Å². The van der Waals surface area contributed by atoms with Crippen molar-refractivity contribution in [3.05, 3.63) is 59.4 Å². The van der Waals surface area contributed by atoms with Crippen LogP contribution in [0.15, 0.2) is 42.6 Å². The van der Waals surface area contributed by atoms with Crippen LogP contribution in [0.3, 0.4) is 0 Å². The Morgan fingerprint density at radius 1 is 1.19 bits per heavy atom. The molecule has 0 aliphatic heterocycles. The van der Waals surface area contributed by atoms with Gasteiger partial charge >= 0.3 is 0 Å². The van der Waals surface area contributed by atoms with Gasteiger partial charge in [0.1, 0.15) is 0 Å². The van der Waals surface area contributed by atoms with E-state index in [1.165, 1.54) is 11.1 Å². The summed E-state index contributed by atoms with van der Waals surface area (Å²) in [6, 6.07) is 12.1. The van der Waals surface area contributed by atoms with Crippen molar-refractivity contribution in [3.63, 3.8) is 0 Å². The van der Waals surface area contributed by atoms with E-state index in [9.17, 15) is 4.79 Å². The molecular formula is C14H15NO. The molecule has 2 heteroatoms. The van der Waals surface area contributed by atoms with E-state index in [2.05, 4.69) is 25.1 Å². The zero-order valence-corrected chi connectivity index (χ0v) is 9.39. The standard InChI is InChI=1S/C14H15NO/c1-12-5-2-3-6-13(12)8-10-15-9-4-7-14(15)11-16/h2-7,9,11H,8,10H2,1H3. The lowest BCUT2D eigenvalue weighted by atomic mass is 10.1. The zero-order valence-electron chi connectivity index (χ0n) is 9.39. The van der Waals surface area contributed by atoms with Crippen LogP contribution in [0.5, 0.6) is 0 Å². The molecule has 0 N–H and O–H groups in total. The van der Waals surface area contributed by atoms with Crippen LogP contribution in [0.1, 0.15) is 21.6 Å². The summed E-state index contributed by atoms with van der Waals surface area (Å²) < 4.78 is 1.99. The van der Waals surface area contributed by atoms with Crippen LogP contribution in [0.25, 0.3) is 0 Å². The van der Waals surface area contributed by atoms with Crippen LogP contribution >= 0.6 is 0 Å². The van der Waals surface area contributed by atoms with E-state index in [0.29, 0.717) is 0 Å². The van der Waals surface area contributed by atoms with Crippen LogP contribution in [0.2, 0.25) is 0 Å². The van der Waals surface area contributed by atoms with Gasteiger partial charge in [-0.2, -0.15) is 0 Å². The largest absolute Gasteiger partial charge is 0.345 e. The summed E-state index contributed by atoms with van der Waals surface area (Å²) in [5.74, 6) is 0. The molecule has 82 valence electrons. The lowest BCUT2D eigenvalue weighted by Crippen LogP contribution is -2.04. The number of carbonyl (C=O) groups is 1. The fourth-order valence-corrected chi connectivity index (χ4v) is 1.87. The van der Waals surface area contributed by atoms with Crippen molar-refractivity contribution in [2.45, 2.75) is 19.9 Å². The first kappa shape index (κ1) is 10.7. The molecule has 0 spiro atoms. The molecule has 2 rings (SSSR count). The summed E-state index contributed by atoms with van der Waals surface area (Å²) in [6.07, 6.45) is 3.81. The van der Waals surface area contributed by atoms with Crippen molar-refractivity contribution >= 4 is 6.29 Å². The topological polar surface area (TPSA) is 22.0 Å². The highest BCUT2D eigenvalue weighted by atomic mass is 16.1. The number of aldehydes is 1. The molecule has 0 saturated carbocycles. The van der Waals surface area contributed by atoms with Gasteiger partial charge in [0.25, 0.3) is 0 Å². The maximum Gasteiger partial charge on any atom is 0.166 e. The van der Waals surface area contributed by atoms with Crippen LogP contribution < -0.4 is 0 Å². The van der Waals surface area contributed by atoms with Crippen LogP contribution in [-0.2, 0) is 13.0 Å². The fourth-order valence-electron chi connectivity index (χ4n) is 1.87. The average Bonchev–Trinajstić information content (AvgIpc) is 2.75. The molecule has 0 fully saturated rings. The monoisotopic (exact) mass is 213 g/mol. The molecule has 0 aliphatic rings. The maximum absolute atomic E-state index is 10.7. The van der Waals surface area contributed by atoms with Gasteiger partial charge in [0.2, 0.25) is 0 Å². The highest BCUT2D eigenvalue weighted by Crippen LogP contribution is 2.09. The van der Waals surface area contributed by atoms with Crippen LogP contribution in [0.4, 0.5) is 0 Å². The van der Waals surface area contributed by atoms with Crippen LogP contribution in [-0.4, -0.2) is 10.9 Å². The van der Waals surface area contributed by atoms with E-state index in [-0.39, 0.29) is 0 Å². The Morgan fingerprint density at radius 2 is 2.00 bits per heavy atom. The molecular weight excluding hydrogens is 198 g/mol. The average molecular weight is 213 g/mol. The highest BCUT2D eigenvalue weighted by molar-refractivity contribution is 5.72. The van der Waals surface area contributed by atoms with Gasteiger partial charge in [-0.15, -0.1) is 0 Å². The molecule has 0 aliphatic carbocycles. The van der Waals surface area contributed by atoms with E-state index in [1.807, 2.05) is 29.0 Å². The minimum atomic E-state index is 0.744. The Labute approximate surface area is 95.5 Å². The lowest BCUT2D eigenvalue weighted by Gasteiger charge is -2.07. The third kappa shape index (κ3) is 2.22. The third-order valence-corrected chi connectivity index (χ3v) is 2.87. The van der Waals surface area contributed by atoms with Crippen molar-refractivity contribution in [1.29, 1.82) is 0 Å². The van der Waals surface area contributed by atoms with E-state index in [1.54, 1.807) is 0 Å². The van der Waals surface area contributed by atoms with Crippen molar-refractivity contribution in [3.8, 4) is 0 Å². The minimum absolute atomic E-state index is 0.744. The summed E-state index contributed by atoms with van der Waals surface area (Å²) in [7, 11) is 0. The maximum atomic E-state index is 10.7. The molecule has 0 radical (unpaired) electrons. The third-order valence-electron chi connectivity index (χ3n) is 2.87. The second-order valence-corrected chi connectivity index (χ2v) is 3.92. The van der Waals surface area contributed by atoms with Crippen molar-refractivity contribution in [2.75, 3.05) is 0 Å². The summed E-state index contributed by atoms with van der Waals surface area (Å²) in [6.45, 7) is 2.97. The lowest BCUT2D eigenvalue weighted by molar-refractivity contribution is 0.111. The molecule has 0 saturated heterocycles. The minimum Gasteiger partial charge on any atom is -0.345 e. The van der Waals surface area contributed by atoms with Gasteiger partial charge in [0.15, 0.2) is 6.29 Å². The molecule has 16 heavy (non-hydrogen) atoms. The van der Waals surface area contributed by atoms with Gasteiger partial charge in [-0.25, -0.2) is 0 Å². The predicted molar refractivity (Wildman–Crippen MR) is 64.7 cm³/mol. The van der Waals surface area contributed by atoms with Gasteiger partial charge in [0.05, 0.1) is 5.69 Å². The molecule has 1 aromatic carbocycles. The fraction of sp³-hybridized carbons (Fsp3) is 0.214. The highest BCUT2D eigenvalue weighted by Gasteiger charge is 2.01. The summed E-state index contributed by atoms with van der Waals surface area (Å²) in [4.78, 5) is 10.7. The molecule has 0 amide bonds. The summed E-state index contributed by atoms with van der Waals surface area (Å²) in [5.41, 5.74) is 3.39. The van der Waals surface area contributed by atoms with Crippen LogP contribution in [0, 0.1) is 6.92 Å². The Bertz CT molecular complexity index is 485. The molecule has 0 unspecified atom stereocenters. The second kappa shape index (κ2) is 4.79. The van der Waals surface area contributed by atoms with Crippen molar-refractivity contribution < 1.29 is 4.79 Å². The van der Waals surface area contributed by atoms with Gasteiger partial charge in [0, 0.05) is 12.7 Å². The van der Waals surface area contributed by atoms with E-state index >= 15 is 0 Å². The number of carbonyl (C=O) groups excluding carboxylic acids is 1. The number of hydrogen-bond donors (Lipinski definition) is 0. The van der Waals surface area contributed by atoms with E-state index in [4.69, 9.17) is 0 Å². The number of nitrogens with zero attached hydrogens (tertiary/aromatic N) is 1. The quantitative estimate of drug-likeness (QED) is 0.716. The summed E-state index contributed by atoms with van der Waals surface area (Å²) >= 11 is 0. The molecule has 0 atom stereocenters. The number of aryl methyl sites for hydroxylation is 3. The predicted octanol–water partition coefficient (Wildman–Crippen LogP) is 2.85. The van der Waals surface area contributed by atoms with E-state index in [0.717, 1.165) is 24.9 Å². The Hall–Kier alpha value is -1.83. The molecule has 1 aromatic heterocycles. The van der Waals surface area contributed by atoms with Gasteiger partial charge in [-0.3, -0.25) is 4.79 Å². The Balaban J connectivity index is 2.08. The second-order valence-electron chi connectivity index (χ2n) is 3.92. The molecule has 2 aromatic rings. The smallest absolute Gasteiger partial charge is 0.166 e. The number of hydrogen-bond acceptors (Lipinski definition) is 1. The SMILES string of the molecule is Cc1ccccc1CCn1cccc1C=O. The normalized spacial score (nSPS) is 10.3. The van der Waals surface area contributed by atoms with Crippen molar-refractivity contribution in [1.82, 2.24) is 4.57 Å². The molecule has 0 bridgehead atoms. The molecule has 2 nitrogen and oxygen atoms in total. The first-order valence-corrected chi connectivity index (χ1v) is 5.46. The van der Waals surface area contributed by atoms with E-state index < -0.39 is 0 Å². The number of benzene rings is 1. The van der Waals surface area contributed by atoms with Gasteiger partial charge < -0.3 is 4.57 Å². The Kier molecular flexibility index (Phi) is 3.20. The summed E-state index contributed by atoms with van der Waals surface area (Å²) in [5, 5.41) is 0. The van der Waals surface area contributed by atoms with Crippen molar-refractivity contribution in [2.24, 2.45) is 0 Å². The molecule has 1 heterocycles. The number of aromatic nitrogens is 1. The Morgan fingerprint density at radius 3 is 2.75 bits per heavy atom. The van der Waals surface area contributed by atoms with Gasteiger partial charge in [-0.05, 0) is 36.6 Å².